The number of hydrogen-bond donors (Lipinski definition) is 2. The number of likely N-dealkylation sites (tertiary alicyclic amines) is 1. The van der Waals surface area contributed by atoms with Gasteiger partial charge in [0.25, 0.3) is 5.91 Å². The molecule has 22 heavy (non-hydrogen) atoms. The highest BCUT2D eigenvalue weighted by atomic mass is 19.2. The van der Waals surface area contributed by atoms with Gasteiger partial charge in [0.1, 0.15) is 5.82 Å². The Morgan fingerprint density at radius 1 is 1.18 bits per heavy atom. The highest BCUT2D eigenvalue weighted by Gasteiger charge is 2.17. The van der Waals surface area contributed by atoms with Gasteiger partial charge in [-0.1, -0.05) is 0 Å². The van der Waals surface area contributed by atoms with Crippen molar-refractivity contribution in [2.24, 2.45) is 0 Å². The van der Waals surface area contributed by atoms with Crippen LogP contribution < -0.4 is 5.32 Å². The Morgan fingerprint density at radius 3 is 2.50 bits per heavy atom. The Bertz CT molecular complexity index is 532. The van der Waals surface area contributed by atoms with Crippen molar-refractivity contribution in [1.82, 2.24) is 10.2 Å². The van der Waals surface area contributed by atoms with Gasteiger partial charge in [0.05, 0.1) is 11.7 Å². The predicted octanol–water partition coefficient (Wildman–Crippen LogP) is 1.68. The second-order valence-corrected chi connectivity index (χ2v) is 5.43. The summed E-state index contributed by atoms with van der Waals surface area (Å²) in [6.07, 6.45) is 1.92. The number of halogens is 3. The molecule has 1 aliphatic rings. The number of rotatable bonds is 5. The van der Waals surface area contributed by atoms with E-state index in [1.54, 1.807) is 0 Å². The van der Waals surface area contributed by atoms with Crippen LogP contribution in [-0.2, 0) is 0 Å². The molecular weight excluding hydrogens is 297 g/mol. The monoisotopic (exact) mass is 316 g/mol. The van der Waals surface area contributed by atoms with Crippen LogP contribution in [0.2, 0.25) is 0 Å². The Kier molecular flexibility index (Phi) is 5.79. The lowest BCUT2D eigenvalue weighted by atomic mass is 10.1. The molecule has 2 rings (SSSR count). The van der Waals surface area contributed by atoms with Gasteiger partial charge in [0.15, 0.2) is 11.6 Å². The molecule has 1 aromatic carbocycles. The van der Waals surface area contributed by atoms with Crippen molar-refractivity contribution in [3.05, 3.63) is 35.1 Å². The topological polar surface area (TPSA) is 52.6 Å². The Hall–Kier alpha value is -1.60. The summed E-state index contributed by atoms with van der Waals surface area (Å²) in [6.45, 7) is 2.70. The van der Waals surface area contributed by atoms with Crippen molar-refractivity contribution < 1.29 is 23.1 Å². The lowest BCUT2D eigenvalue weighted by molar-refractivity contribution is 0.0816. The molecule has 0 aromatic heterocycles. The van der Waals surface area contributed by atoms with E-state index in [2.05, 4.69) is 10.2 Å². The van der Waals surface area contributed by atoms with Crippen molar-refractivity contribution in [1.29, 1.82) is 0 Å². The van der Waals surface area contributed by atoms with E-state index >= 15 is 0 Å². The van der Waals surface area contributed by atoms with Gasteiger partial charge in [-0.2, -0.15) is 0 Å². The van der Waals surface area contributed by atoms with E-state index in [0.29, 0.717) is 25.1 Å². The van der Waals surface area contributed by atoms with Crippen LogP contribution in [-0.4, -0.2) is 48.2 Å². The molecule has 1 amide bonds. The standard InChI is InChI=1S/C15H19F3N2O2/c16-12-9-14(18)13(17)8-11(12)15(22)19-4-1-5-20-6-2-10(21)3-7-20/h8-10,21H,1-7H2,(H,19,22). The maximum absolute atomic E-state index is 13.4. The molecule has 0 bridgehead atoms. The van der Waals surface area contributed by atoms with E-state index < -0.39 is 28.9 Å². The van der Waals surface area contributed by atoms with Crippen LogP contribution in [0.5, 0.6) is 0 Å². The van der Waals surface area contributed by atoms with Crippen molar-refractivity contribution in [3.63, 3.8) is 0 Å². The third-order valence-electron chi connectivity index (χ3n) is 3.75. The zero-order valence-electron chi connectivity index (χ0n) is 12.1. The summed E-state index contributed by atoms with van der Waals surface area (Å²) in [6, 6.07) is 0.926. The van der Waals surface area contributed by atoms with E-state index in [4.69, 9.17) is 0 Å². The van der Waals surface area contributed by atoms with Gasteiger partial charge >= 0.3 is 0 Å². The minimum absolute atomic E-state index is 0.229. The Morgan fingerprint density at radius 2 is 1.82 bits per heavy atom. The number of amides is 1. The quantitative estimate of drug-likeness (QED) is 0.642. The van der Waals surface area contributed by atoms with Gasteiger partial charge in [-0.05, 0) is 31.9 Å². The third kappa shape index (κ3) is 4.45. The molecule has 0 unspecified atom stereocenters. The van der Waals surface area contributed by atoms with E-state index in [-0.39, 0.29) is 6.10 Å². The fraction of sp³-hybridized carbons (Fsp3) is 0.533. The first-order chi connectivity index (χ1) is 10.5. The van der Waals surface area contributed by atoms with E-state index in [1.165, 1.54) is 0 Å². The molecule has 0 aliphatic carbocycles. The van der Waals surface area contributed by atoms with Crippen molar-refractivity contribution in [2.75, 3.05) is 26.2 Å². The third-order valence-corrected chi connectivity index (χ3v) is 3.75. The van der Waals surface area contributed by atoms with Crippen LogP contribution in [0.25, 0.3) is 0 Å². The van der Waals surface area contributed by atoms with E-state index in [9.17, 15) is 23.1 Å². The smallest absolute Gasteiger partial charge is 0.254 e. The molecule has 1 saturated heterocycles. The lowest BCUT2D eigenvalue weighted by Gasteiger charge is -2.29. The van der Waals surface area contributed by atoms with Crippen LogP contribution in [0, 0.1) is 17.5 Å². The number of benzene rings is 1. The average molecular weight is 316 g/mol. The molecule has 1 aliphatic heterocycles. The summed E-state index contributed by atoms with van der Waals surface area (Å²) >= 11 is 0. The molecule has 4 nitrogen and oxygen atoms in total. The summed E-state index contributed by atoms with van der Waals surface area (Å²) in [5, 5.41) is 11.9. The molecule has 0 radical (unpaired) electrons. The molecule has 0 saturated carbocycles. The fourth-order valence-electron chi connectivity index (χ4n) is 2.44. The molecule has 1 aromatic rings. The van der Waals surface area contributed by atoms with Gasteiger partial charge in [-0.25, -0.2) is 13.2 Å². The maximum Gasteiger partial charge on any atom is 0.254 e. The highest BCUT2D eigenvalue weighted by Crippen LogP contribution is 2.13. The largest absolute Gasteiger partial charge is 0.393 e. The summed E-state index contributed by atoms with van der Waals surface area (Å²) in [5.74, 6) is -4.41. The van der Waals surface area contributed by atoms with Gasteiger partial charge in [0.2, 0.25) is 0 Å². The molecule has 1 heterocycles. The van der Waals surface area contributed by atoms with Crippen LogP contribution >= 0.6 is 0 Å². The first kappa shape index (κ1) is 16.8. The summed E-state index contributed by atoms with van der Waals surface area (Å²) in [7, 11) is 0. The average Bonchev–Trinajstić information content (AvgIpc) is 2.49. The minimum Gasteiger partial charge on any atom is -0.393 e. The normalized spacial score (nSPS) is 16.7. The molecule has 1 fully saturated rings. The zero-order valence-corrected chi connectivity index (χ0v) is 12.1. The molecule has 0 spiro atoms. The first-order valence-electron chi connectivity index (χ1n) is 7.30. The van der Waals surface area contributed by atoms with Crippen LogP contribution in [0.1, 0.15) is 29.6 Å². The molecule has 0 atom stereocenters. The van der Waals surface area contributed by atoms with Gasteiger partial charge in [-0.15, -0.1) is 0 Å². The summed E-state index contributed by atoms with van der Waals surface area (Å²) in [5.41, 5.74) is -0.500. The SMILES string of the molecule is O=C(NCCCN1CCC(O)CC1)c1cc(F)c(F)cc1F. The fourth-order valence-corrected chi connectivity index (χ4v) is 2.44. The van der Waals surface area contributed by atoms with E-state index in [0.717, 1.165) is 32.5 Å². The van der Waals surface area contributed by atoms with Crippen molar-refractivity contribution >= 4 is 5.91 Å². The zero-order chi connectivity index (χ0) is 16.1. The molecule has 2 N–H and O–H groups in total. The maximum atomic E-state index is 13.4. The summed E-state index contributed by atoms with van der Waals surface area (Å²) < 4.78 is 39.2. The van der Waals surface area contributed by atoms with Crippen LogP contribution in [0.4, 0.5) is 13.2 Å². The van der Waals surface area contributed by atoms with Crippen LogP contribution in [0.15, 0.2) is 12.1 Å². The highest BCUT2D eigenvalue weighted by molar-refractivity contribution is 5.94. The number of carbonyl (C=O) groups is 1. The Labute approximate surface area is 126 Å². The number of aliphatic hydroxyl groups is 1. The van der Waals surface area contributed by atoms with Crippen molar-refractivity contribution in [2.45, 2.75) is 25.4 Å². The van der Waals surface area contributed by atoms with Crippen molar-refractivity contribution in [3.8, 4) is 0 Å². The number of carbonyl (C=O) groups excluding carboxylic acids is 1. The molecule has 7 heteroatoms. The molecular formula is C15H19F3N2O2. The summed E-state index contributed by atoms with van der Waals surface area (Å²) in [4.78, 5) is 13.9. The molecule has 122 valence electrons. The minimum atomic E-state index is -1.32. The second kappa shape index (κ2) is 7.60. The Balaban J connectivity index is 1.75. The number of aliphatic hydroxyl groups excluding tert-OH is 1. The number of nitrogens with one attached hydrogen (secondary N) is 1. The number of nitrogens with zero attached hydrogens (tertiary/aromatic N) is 1. The van der Waals surface area contributed by atoms with Crippen LogP contribution in [0.3, 0.4) is 0 Å². The first-order valence-corrected chi connectivity index (χ1v) is 7.30. The number of hydrogen-bond acceptors (Lipinski definition) is 3. The lowest BCUT2D eigenvalue weighted by Crippen LogP contribution is -2.37. The van der Waals surface area contributed by atoms with Gasteiger partial charge in [-0.3, -0.25) is 4.79 Å². The predicted molar refractivity (Wildman–Crippen MR) is 74.9 cm³/mol. The second-order valence-electron chi connectivity index (χ2n) is 5.43. The van der Waals surface area contributed by atoms with Gasteiger partial charge < -0.3 is 15.3 Å². The van der Waals surface area contributed by atoms with E-state index in [1.807, 2.05) is 0 Å². The number of piperidine rings is 1. The van der Waals surface area contributed by atoms with Gasteiger partial charge in [0, 0.05) is 25.7 Å².